The van der Waals surface area contributed by atoms with Crippen molar-refractivity contribution >= 4 is 21.7 Å². The van der Waals surface area contributed by atoms with Gasteiger partial charge in [0.1, 0.15) is 6.04 Å². The van der Waals surface area contributed by atoms with E-state index in [1.807, 2.05) is 0 Å². The van der Waals surface area contributed by atoms with Crippen LogP contribution < -0.4 is 9.62 Å². The Bertz CT molecular complexity index is 650. The molecule has 0 spiro atoms. The quantitative estimate of drug-likeness (QED) is 0.798. The van der Waals surface area contributed by atoms with Crippen molar-refractivity contribution in [1.82, 2.24) is 14.5 Å². The van der Waals surface area contributed by atoms with E-state index >= 15 is 0 Å². The molecule has 2 rings (SSSR count). The lowest BCUT2D eigenvalue weighted by Gasteiger charge is -2.31. The molecule has 2 heterocycles. The molecule has 8 heteroatoms. The van der Waals surface area contributed by atoms with Gasteiger partial charge in [-0.05, 0) is 19.8 Å². The Balaban J connectivity index is 2.11. The molecule has 1 fully saturated rings. The van der Waals surface area contributed by atoms with E-state index in [4.69, 9.17) is 0 Å². The van der Waals surface area contributed by atoms with Crippen LogP contribution in [0.3, 0.4) is 0 Å². The summed E-state index contributed by atoms with van der Waals surface area (Å²) in [7, 11) is -1.77. The Hall–Kier alpha value is -1.67. The van der Waals surface area contributed by atoms with E-state index in [9.17, 15) is 13.2 Å². The van der Waals surface area contributed by atoms with Crippen molar-refractivity contribution in [3.05, 3.63) is 24.4 Å². The number of anilines is 1. The molecule has 0 bridgehead atoms. The zero-order valence-corrected chi connectivity index (χ0v) is 13.1. The van der Waals surface area contributed by atoms with E-state index in [2.05, 4.69) is 16.4 Å². The molecule has 1 atom stereocenters. The molecule has 1 amide bonds. The van der Waals surface area contributed by atoms with Crippen molar-refractivity contribution in [2.45, 2.75) is 25.8 Å². The van der Waals surface area contributed by atoms with Crippen LogP contribution in [-0.2, 0) is 21.9 Å². The number of amides is 1. The minimum absolute atomic E-state index is 0.166. The van der Waals surface area contributed by atoms with Gasteiger partial charge in [-0.1, -0.05) is 12.2 Å². The highest BCUT2D eigenvalue weighted by molar-refractivity contribution is 7.89. The monoisotopic (exact) mass is 312 g/mol. The molecule has 116 valence electrons. The first kappa shape index (κ1) is 15.7. The molecular formula is C13H20N4O3S. The maximum absolute atomic E-state index is 12.4. The number of hydrogen-bond donors (Lipinski definition) is 1. The van der Waals surface area contributed by atoms with Crippen molar-refractivity contribution in [2.24, 2.45) is 7.05 Å². The molecule has 7 nitrogen and oxygen atoms in total. The number of nitrogens with one attached hydrogen (secondary N) is 1. The van der Waals surface area contributed by atoms with Crippen molar-refractivity contribution in [1.29, 1.82) is 0 Å². The summed E-state index contributed by atoms with van der Waals surface area (Å²) in [6, 6.07) is 1.01. The van der Waals surface area contributed by atoms with Crippen LogP contribution in [0.15, 0.2) is 24.4 Å². The van der Waals surface area contributed by atoms with Gasteiger partial charge in [-0.2, -0.15) is 5.10 Å². The zero-order chi connectivity index (χ0) is 15.6. The molecule has 1 aliphatic rings. The number of carbonyl (C=O) groups excluding carboxylic acids is 1. The largest absolute Gasteiger partial charge is 0.294 e. The molecule has 1 aromatic heterocycles. The number of piperidine rings is 1. The highest BCUT2D eigenvalue weighted by Gasteiger charge is 2.33. The van der Waals surface area contributed by atoms with Crippen LogP contribution in [0.1, 0.15) is 19.8 Å². The lowest BCUT2D eigenvalue weighted by atomic mass is 10.1. The summed E-state index contributed by atoms with van der Waals surface area (Å²) in [5, 5.41) is 4.19. The number of aromatic nitrogens is 2. The predicted octanol–water partition coefficient (Wildman–Crippen LogP) is 0.411. The SMILES string of the molecule is C=C(C)CS(=O)(=O)NC1CCCN(c2ccn(C)n2)C1=O. The average Bonchev–Trinajstić information content (AvgIpc) is 2.76. The number of sulfonamides is 1. The molecule has 21 heavy (non-hydrogen) atoms. The number of carbonyl (C=O) groups is 1. The molecule has 1 saturated heterocycles. The van der Waals surface area contributed by atoms with Gasteiger partial charge in [0.05, 0.1) is 5.75 Å². The minimum Gasteiger partial charge on any atom is -0.294 e. The lowest BCUT2D eigenvalue weighted by molar-refractivity contribution is -0.121. The molecule has 1 unspecified atom stereocenters. The summed E-state index contributed by atoms with van der Waals surface area (Å²) >= 11 is 0. The highest BCUT2D eigenvalue weighted by Crippen LogP contribution is 2.19. The van der Waals surface area contributed by atoms with Crippen molar-refractivity contribution in [3.63, 3.8) is 0 Å². The summed E-state index contributed by atoms with van der Waals surface area (Å²) in [5.41, 5.74) is 0.535. The van der Waals surface area contributed by atoms with Crippen molar-refractivity contribution < 1.29 is 13.2 Å². The molecule has 1 aliphatic heterocycles. The summed E-state index contributed by atoms with van der Waals surface area (Å²) in [4.78, 5) is 14.0. The first-order chi connectivity index (χ1) is 9.78. The van der Waals surface area contributed by atoms with Crippen LogP contribution in [0.5, 0.6) is 0 Å². The van der Waals surface area contributed by atoms with Gasteiger partial charge in [0.15, 0.2) is 5.82 Å². The van der Waals surface area contributed by atoms with Gasteiger partial charge in [-0.15, -0.1) is 0 Å². The summed E-state index contributed by atoms with van der Waals surface area (Å²) in [6.45, 7) is 5.78. The molecule has 0 aliphatic carbocycles. The van der Waals surface area contributed by atoms with Gasteiger partial charge in [0, 0.05) is 25.9 Å². The zero-order valence-electron chi connectivity index (χ0n) is 12.2. The molecule has 1 N–H and O–H groups in total. The molecule has 0 saturated carbocycles. The van der Waals surface area contributed by atoms with Crippen LogP contribution in [0.2, 0.25) is 0 Å². The summed E-state index contributed by atoms with van der Waals surface area (Å²) in [5.74, 6) is 0.122. The minimum atomic E-state index is -3.54. The third-order valence-corrected chi connectivity index (χ3v) is 4.69. The molecule has 0 radical (unpaired) electrons. The molecular weight excluding hydrogens is 292 g/mol. The molecule has 0 aromatic carbocycles. The van der Waals surface area contributed by atoms with Crippen LogP contribution in [0.4, 0.5) is 5.82 Å². The van der Waals surface area contributed by atoms with Gasteiger partial charge in [-0.3, -0.25) is 14.4 Å². The Morgan fingerprint density at radius 1 is 1.57 bits per heavy atom. The first-order valence-electron chi connectivity index (χ1n) is 6.74. The Labute approximate surface area is 124 Å². The van der Waals surface area contributed by atoms with E-state index in [0.29, 0.717) is 24.4 Å². The second kappa shape index (κ2) is 5.98. The van der Waals surface area contributed by atoms with Gasteiger partial charge in [-0.25, -0.2) is 13.1 Å². The van der Waals surface area contributed by atoms with Crippen LogP contribution >= 0.6 is 0 Å². The third-order valence-electron chi connectivity index (χ3n) is 3.17. The van der Waals surface area contributed by atoms with Crippen molar-refractivity contribution in [3.8, 4) is 0 Å². The van der Waals surface area contributed by atoms with Gasteiger partial charge >= 0.3 is 0 Å². The van der Waals surface area contributed by atoms with Crippen LogP contribution in [0.25, 0.3) is 0 Å². The van der Waals surface area contributed by atoms with E-state index in [1.165, 1.54) is 4.90 Å². The van der Waals surface area contributed by atoms with Crippen LogP contribution in [0, 0.1) is 0 Å². The maximum Gasteiger partial charge on any atom is 0.246 e. The normalized spacial score (nSPS) is 19.8. The number of rotatable bonds is 5. The smallest absolute Gasteiger partial charge is 0.246 e. The van der Waals surface area contributed by atoms with E-state index in [1.54, 1.807) is 30.9 Å². The number of aryl methyl sites for hydroxylation is 1. The van der Waals surface area contributed by atoms with E-state index < -0.39 is 16.1 Å². The lowest BCUT2D eigenvalue weighted by Crippen LogP contribution is -2.53. The standard InChI is InChI=1S/C13H20N4O3S/c1-10(2)9-21(19,20)15-11-5-4-7-17(13(11)18)12-6-8-16(3)14-12/h6,8,11,15H,1,4-5,7,9H2,2-3H3. The second-order valence-electron chi connectivity index (χ2n) is 5.37. The second-order valence-corrected chi connectivity index (χ2v) is 7.12. The fraction of sp³-hybridized carbons (Fsp3) is 0.538. The Kier molecular flexibility index (Phi) is 4.48. The van der Waals surface area contributed by atoms with Crippen LogP contribution in [-0.4, -0.2) is 42.4 Å². The molecule has 1 aromatic rings. The van der Waals surface area contributed by atoms with E-state index in [-0.39, 0.29) is 11.7 Å². The Morgan fingerprint density at radius 3 is 2.86 bits per heavy atom. The van der Waals surface area contributed by atoms with Crippen molar-refractivity contribution in [2.75, 3.05) is 17.2 Å². The van der Waals surface area contributed by atoms with Gasteiger partial charge in [0.2, 0.25) is 15.9 Å². The fourth-order valence-electron chi connectivity index (χ4n) is 2.34. The topological polar surface area (TPSA) is 84.3 Å². The van der Waals surface area contributed by atoms with Gasteiger partial charge < -0.3 is 0 Å². The number of nitrogens with zero attached hydrogens (tertiary/aromatic N) is 3. The third kappa shape index (κ3) is 3.92. The average molecular weight is 312 g/mol. The predicted molar refractivity (Wildman–Crippen MR) is 80.3 cm³/mol. The maximum atomic E-state index is 12.4. The first-order valence-corrected chi connectivity index (χ1v) is 8.39. The fourth-order valence-corrected chi connectivity index (χ4v) is 3.73. The Morgan fingerprint density at radius 2 is 2.29 bits per heavy atom. The van der Waals surface area contributed by atoms with Gasteiger partial charge in [0.25, 0.3) is 0 Å². The number of hydrogen-bond acceptors (Lipinski definition) is 4. The highest BCUT2D eigenvalue weighted by atomic mass is 32.2. The summed E-state index contributed by atoms with van der Waals surface area (Å²) in [6.07, 6.45) is 2.97. The van der Waals surface area contributed by atoms with E-state index in [0.717, 1.165) is 6.42 Å². The summed E-state index contributed by atoms with van der Waals surface area (Å²) < 4.78 is 28.0.